The standard InChI is InChI=1S/C18H18N2O5/c21-17(13-5-10-23-11-13)19-6-8-20(9-7-19)18(22)16-12-24-14-3-1-2-4-15(14)25-16/h1-5,10-11,16H,6-9,12H2/t16-/m1/s1. The summed E-state index contributed by atoms with van der Waals surface area (Å²) >= 11 is 0. The maximum atomic E-state index is 12.7. The van der Waals surface area contributed by atoms with Crippen molar-refractivity contribution in [3.8, 4) is 11.5 Å². The molecular weight excluding hydrogens is 324 g/mol. The number of fused-ring (bicyclic) bond motifs is 1. The van der Waals surface area contributed by atoms with Gasteiger partial charge in [0.25, 0.3) is 11.8 Å². The van der Waals surface area contributed by atoms with Crippen molar-refractivity contribution in [1.29, 1.82) is 0 Å². The molecule has 7 nitrogen and oxygen atoms in total. The zero-order valence-corrected chi connectivity index (χ0v) is 13.6. The molecule has 2 amide bonds. The Balaban J connectivity index is 1.35. The Kier molecular flexibility index (Phi) is 4.05. The molecule has 2 aromatic rings. The number of nitrogens with zero attached hydrogens (tertiary/aromatic N) is 2. The Morgan fingerprint density at radius 1 is 0.960 bits per heavy atom. The molecule has 130 valence electrons. The van der Waals surface area contributed by atoms with Crippen molar-refractivity contribution < 1.29 is 23.5 Å². The summed E-state index contributed by atoms with van der Waals surface area (Å²) in [7, 11) is 0. The molecule has 1 aromatic heterocycles. The fourth-order valence-electron chi connectivity index (χ4n) is 3.04. The number of ether oxygens (including phenoxy) is 2. The maximum absolute atomic E-state index is 12.7. The Morgan fingerprint density at radius 2 is 1.68 bits per heavy atom. The highest BCUT2D eigenvalue weighted by Crippen LogP contribution is 2.31. The monoisotopic (exact) mass is 342 g/mol. The number of carbonyl (C=O) groups is 2. The fraction of sp³-hybridized carbons (Fsp3) is 0.333. The van der Waals surface area contributed by atoms with Gasteiger partial charge in [-0.1, -0.05) is 12.1 Å². The molecule has 25 heavy (non-hydrogen) atoms. The molecule has 7 heteroatoms. The van der Waals surface area contributed by atoms with Crippen LogP contribution in [-0.2, 0) is 4.79 Å². The van der Waals surface area contributed by atoms with Crippen LogP contribution in [0.5, 0.6) is 11.5 Å². The second-order valence-electron chi connectivity index (χ2n) is 5.99. The zero-order chi connectivity index (χ0) is 17.2. The van der Waals surface area contributed by atoms with Crippen molar-refractivity contribution in [2.75, 3.05) is 32.8 Å². The van der Waals surface area contributed by atoms with Gasteiger partial charge in [0, 0.05) is 26.2 Å². The minimum absolute atomic E-state index is 0.0768. The molecule has 3 heterocycles. The highest BCUT2D eigenvalue weighted by molar-refractivity contribution is 5.94. The fourth-order valence-corrected chi connectivity index (χ4v) is 3.04. The van der Waals surface area contributed by atoms with Gasteiger partial charge in [0.1, 0.15) is 12.9 Å². The molecule has 0 saturated carbocycles. The van der Waals surface area contributed by atoms with Gasteiger partial charge in [-0.3, -0.25) is 9.59 Å². The Morgan fingerprint density at radius 3 is 2.40 bits per heavy atom. The SMILES string of the molecule is O=C(c1ccoc1)N1CCN(C(=O)[C@H]2COc3ccccc3O2)CC1. The average molecular weight is 342 g/mol. The molecule has 0 unspecified atom stereocenters. The van der Waals surface area contributed by atoms with Crippen molar-refractivity contribution >= 4 is 11.8 Å². The Hall–Kier alpha value is -2.96. The largest absolute Gasteiger partial charge is 0.485 e. The summed E-state index contributed by atoms with van der Waals surface area (Å²) in [5, 5.41) is 0. The lowest BCUT2D eigenvalue weighted by molar-refractivity contribution is -0.142. The van der Waals surface area contributed by atoms with E-state index >= 15 is 0 Å². The van der Waals surface area contributed by atoms with Gasteiger partial charge in [-0.15, -0.1) is 0 Å². The van der Waals surface area contributed by atoms with Crippen molar-refractivity contribution in [2.45, 2.75) is 6.10 Å². The molecule has 0 N–H and O–H groups in total. The van der Waals surface area contributed by atoms with E-state index in [0.29, 0.717) is 43.2 Å². The topological polar surface area (TPSA) is 72.2 Å². The summed E-state index contributed by atoms with van der Waals surface area (Å²) in [6.07, 6.45) is 2.27. The van der Waals surface area contributed by atoms with Crippen LogP contribution >= 0.6 is 0 Å². The van der Waals surface area contributed by atoms with Crippen molar-refractivity contribution in [1.82, 2.24) is 9.80 Å². The summed E-state index contributed by atoms with van der Waals surface area (Å²) in [6.45, 7) is 2.12. The first-order valence-electron chi connectivity index (χ1n) is 8.21. The summed E-state index contributed by atoms with van der Waals surface area (Å²) < 4.78 is 16.3. The molecule has 1 fully saturated rings. The molecule has 0 spiro atoms. The van der Waals surface area contributed by atoms with E-state index in [1.165, 1.54) is 12.5 Å². The highest BCUT2D eigenvalue weighted by atomic mass is 16.6. The third-order valence-electron chi connectivity index (χ3n) is 4.43. The zero-order valence-electron chi connectivity index (χ0n) is 13.6. The number of piperazine rings is 1. The first-order valence-corrected chi connectivity index (χ1v) is 8.21. The van der Waals surface area contributed by atoms with Gasteiger partial charge in [0.05, 0.1) is 11.8 Å². The van der Waals surface area contributed by atoms with E-state index in [0.717, 1.165) is 0 Å². The number of hydrogen-bond donors (Lipinski definition) is 0. The number of hydrogen-bond acceptors (Lipinski definition) is 5. The van der Waals surface area contributed by atoms with Gasteiger partial charge in [-0.2, -0.15) is 0 Å². The number of carbonyl (C=O) groups excluding carboxylic acids is 2. The second kappa shape index (κ2) is 6.51. The smallest absolute Gasteiger partial charge is 0.267 e. The molecule has 1 saturated heterocycles. The highest BCUT2D eigenvalue weighted by Gasteiger charge is 2.33. The lowest BCUT2D eigenvalue weighted by Gasteiger charge is -2.37. The quantitative estimate of drug-likeness (QED) is 0.825. The van der Waals surface area contributed by atoms with E-state index in [9.17, 15) is 9.59 Å². The van der Waals surface area contributed by atoms with Crippen LogP contribution in [0, 0.1) is 0 Å². The Bertz CT molecular complexity index is 766. The first kappa shape index (κ1) is 15.6. The lowest BCUT2D eigenvalue weighted by atomic mass is 10.2. The molecule has 2 aliphatic rings. The molecule has 2 aliphatic heterocycles. The molecule has 1 atom stereocenters. The third kappa shape index (κ3) is 3.05. The number of para-hydroxylation sites is 2. The average Bonchev–Trinajstić information content (AvgIpc) is 3.21. The van der Waals surface area contributed by atoms with Gasteiger partial charge >= 0.3 is 0 Å². The summed E-state index contributed by atoms with van der Waals surface area (Å²) in [5.41, 5.74) is 0.528. The summed E-state index contributed by atoms with van der Waals surface area (Å²) in [4.78, 5) is 28.4. The van der Waals surface area contributed by atoms with Gasteiger partial charge in [-0.25, -0.2) is 0 Å². The normalized spacial score (nSPS) is 19.6. The van der Waals surface area contributed by atoms with Gasteiger partial charge in [0.15, 0.2) is 11.5 Å². The van der Waals surface area contributed by atoms with Crippen molar-refractivity contribution in [3.05, 3.63) is 48.4 Å². The first-order chi connectivity index (χ1) is 12.2. The van der Waals surface area contributed by atoms with Crippen molar-refractivity contribution in [2.24, 2.45) is 0 Å². The van der Waals surface area contributed by atoms with Crippen LogP contribution in [0.3, 0.4) is 0 Å². The van der Waals surface area contributed by atoms with E-state index in [1.54, 1.807) is 21.9 Å². The second-order valence-corrected chi connectivity index (χ2v) is 5.99. The van der Waals surface area contributed by atoms with E-state index in [1.807, 2.05) is 18.2 Å². The van der Waals surface area contributed by atoms with Crippen LogP contribution in [0.1, 0.15) is 10.4 Å². The van der Waals surface area contributed by atoms with E-state index in [-0.39, 0.29) is 18.4 Å². The van der Waals surface area contributed by atoms with Crippen LogP contribution in [0.4, 0.5) is 0 Å². The minimum atomic E-state index is -0.647. The molecular formula is C18H18N2O5. The van der Waals surface area contributed by atoms with E-state index in [4.69, 9.17) is 13.9 Å². The van der Waals surface area contributed by atoms with Gasteiger partial charge in [-0.05, 0) is 18.2 Å². The van der Waals surface area contributed by atoms with E-state index < -0.39 is 6.10 Å². The predicted molar refractivity (Wildman–Crippen MR) is 87.5 cm³/mol. The van der Waals surface area contributed by atoms with Crippen LogP contribution in [0.2, 0.25) is 0 Å². The third-order valence-corrected chi connectivity index (χ3v) is 4.43. The minimum Gasteiger partial charge on any atom is -0.485 e. The van der Waals surface area contributed by atoms with Gasteiger partial charge < -0.3 is 23.7 Å². The predicted octanol–water partition coefficient (Wildman–Crippen LogP) is 1.40. The number of furan rings is 1. The van der Waals surface area contributed by atoms with Crippen LogP contribution in [-0.4, -0.2) is 60.5 Å². The molecule has 0 aliphatic carbocycles. The maximum Gasteiger partial charge on any atom is 0.267 e. The Labute approximate surface area is 144 Å². The number of rotatable bonds is 2. The summed E-state index contributed by atoms with van der Waals surface area (Å²) in [6, 6.07) is 8.95. The number of amides is 2. The van der Waals surface area contributed by atoms with Crippen molar-refractivity contribution in [3.63, 3.8) is 0 Å². The molecule has 4 rings (SSSR count). The lowest BCUT2D eigenvalue weighted by Crippen LogP contribution is -2.55. The molecule has 0 radical (unpaired) electrons. The van der Waals surface area contributed by atoms with Gasteiger partial charge in [0.2, 0.25) is 6.10 Å². The molecule has 0 bridgehead atoms. The van der Waals surface area contributed by atoms with Crippen LogP contribution in [0.15, 0.2) is 47.3 Å². The van der Waals surface area contributed by atoms with Crippen LogP contribution in [0.25, 0.3) is 0 Å². The molecule has 1 aromatic carbocycles. The van der Waals surface area contributed by atoms with E-state index in [2.05, 4.69) is 0 Å². The van der Waals surface area contributed by atoms with Crippen LogP contribution < -0.4 is 9.47 Å². The summed E-state index contributed by atoms with van der Waals surface area (Å²) in [5.74, 6) is 1.06. The number of benzene rings is 1.